The van der Waals surface area contributed by atoms with Crippen LogP contribution in [0.25, 0.3) is 0 Å². The van der Waals surface area contributed by atoms with Crippen LogP contribution < -0.4 is 29.6 Å². The number of phenols is 1. The van der Waals surface area contributed by atoms with E-state index in [2.05, 4.69) is 0 Å². The summed E-state index contributed by atoms with van der Waals surface area (Å²) >= 11 is 0. The maximum Gasteiger partial charge on any atom is 1.00 e. The summed E-state index contributed by atoms with van der Waals surface area (Å²) in [6.45, 7) is 0. The molecule has 0 fully saturated rings. The third kappa shape index (κ3) is 4.31. The first-order valence-corrected chi connectivity index (χ1v) is 2.33. The molecule has 11 heavy (non-hydrogen) atoms. The van der Waals surface area contributed by atoms with E-state index in [0.29, 0.717) is 6.07 Å². The van der Waals surface area contributed by atoms with Crippen molar-refractivity contribution in [1.29, 1.82) is 0 Å². The standard InChI is InChI=1S/C6H4F2O.Na.H2O/c7-4-1-5(8)3-6(9)2-4;;/h1-3,9H;;1H2/q;+1;/p-1. The summed E-state index contributed by atoms with van der Waals surface area (Å²) in [5, 5.41) is 8.51. The van der Waals surface area contributed by atoms with Crippen molar-refractivity contribution in [1.82, 2.24) is 0 Å². The molecule has 0 saturated carbocycles. The minimum Gasteiger partial charge on any atom is -0.870 e. The van der Waals surface area contributed by atoms with Crippen molar-refractivity contribution < 1.29 is 48.9 Å². The molecule has 2 N–H and O–H groups in total. The summed E-state index contributed by atoms with van der Waals surface area (Å²) in [7, 11) is 0. The van der Waals surface area contributed by atoms with Gasteiger partial charge in [0.1, 0.15) is 17.4 Å². The smallest absolute Gasteiger partial charge is 0.870 e. The van der Waals surface area contributed by atoms with Gasteiger partial charge in [-0.2, -0.15) is 0 Å². The van der Waals surface area contributed by atoms with E-state index in [1.54, 1.807) is 0 Å². The number of hydrogen-bond acceptors (Lipinski definition) is 2. The van der Waals surface area contributed by atoms with Crippen molar-refractivity contribution in [3.8, 4) is 5.75 Å². The number of aromatic hydroxyl groups is 1. The van der Waals surface area contributed by atoms with E-state index in [1.807, 2.05) is 0 Å². The molecule has 1 rings (SSSR count). The van der Waals surface area contributed by atoms with Gasteiger partial charge >= 0.3 is 29.6 Å². The van der Waals surface area contributed by atoms with Crippen LogP contribution in [0, 0.1) is 11.6 Å². The Morgan fingerprint density at radius 3 is 1.64 bits per heavy atom. The zero-order valence-electron chi connectivity index (χ0n) is 5.88. The SMILES string of the molecule is Oc1cc(F)cc(F)c1.[Na+].[OH-]. The van der Waals surface area contributed by atoms with Crippen molar-refractivity contribution in [2.24, 2.45) is 0 Å². The second-order valence-corrected chi connectivity index (χ2v) is 1.63. The minimum absolute atomic E-state index is 0. The largest absolute Gasteiger partial charge is 1.00 e. The van der Waals surface area contributed by atoms with E-state index in [4.69, 9.17) is 5.11 Å². The first kappa shape index (κ1) is 13.4. The molecule has 0 spiro atoms. The van der Waals surface area contributed by atoms with Crippen molar-refractivity contribution in [2.75, 3.05) is 0 Å². The Kier molecular flexibility index (Phi) is 6.70. The number of benzene rings is 1. The quantitative estimate of drug-likeness (QED) is 0.481. The Morgan fingerprint density at radius 2 is 1.36 bits per heavy atom. The molecule has 1 aromatic carbocycles. The van der Waals surface area contributed by atoms with E-state index in [9.17, 15) is 8.78 Å². The maximum atomic E-state index is 12.0. The van der Waals surface area contributed by atoms with E-state index in [0.717, 1.165) is 12.1 Å². The zero-order valence-corrected chi connectivity index (χ0v) is 7.88. The van der Waals surface area contributed by atoms with Crippen molar-refractivity contribution in [3.63, 3.8) is 0 Å². The Labute approximate surface area is 84.5 Å². The number of phenolic OH excluding ortho intramolecular Hbond substituents is 1. The second-order valence-electron chi connectivity index (χ2n) is 1.63. The molecule has 0 aliphatic rings. The fraction of sp³-hybridized carbons (Fsp3) is 0. The average molecular weight is 170 g/mol. The zero-order chi connectivity index (χ0) is 6.85. The summed E-state index contributed by atoms with van der Waals surface area (Å²) in [6, 6.07) is 2.37. The van der Waals surface area contributed by atoms with E-state index in [1.165, 1.54) is 0 Å². The van der Waals surface area contributed by atoms with Gasteiger partial charge in [-0.15, -0.1) is 0 Å². The molecule has 0 bridgehead atoms. The normalized spacial score (nSPS) is 7.82. The molecule has 5 heteroatoms. The van der Waals surface area contributed by atoms with Crippen molar-refractivity contribution in [2.45, 2.75) is 0 Å². The van der Waals surface area contributed by atoms with Crippen LogP contribution in [0.2, 0.25) is 0 Å². The van der Waals surface area contributed by atoms with Crippen LogP contribution in [0.1, 0.15) is 0 Å². The third-order valence-electron chi connectivity index (χ3n) is 0.847. The van der Waals surface area contributed by atoms with Crippen LogP contribution in [0.5, 0.6) is 5.75 Å². The van der Waals surface area contributed by atoms with Crippen molar-refractivity contribution >= 4 is 0 Å². The summed E-state index contributed by atoms with van der Waals surface area (Å²) in [5.41, 5.74) is 0. The average Bonchev–Trinajstić information content (AvgIpc) is 1.59. The minimum atomic E-state index is -0.771. The number of hydrogen-bond donors (Lipinski definition) is 1. The first-order valence-electron chi connectivity index (χ1n) is 2.33. The first-order chi connectivity index (χ1) is 4.18. The van der Waals surface area contributed by atoms with E-state index >= 15 is 0 Å². The molecule has 56 valence electrons. The monoisotopic (exact) mass is 170 g/mol. The molecular formula is C6H5F2NaO2. The van der Waals surface area contributed by atoms with Gasteiger partial charge in [0, 0.05) is 18.2 Å². The molecule has 0 radical (unpaired) electrons. The van der Waals surface area contributed by atoms with Gasteiger partial charge in [0.25, 0.3) is 0 Å². The van der Waals surface area contributed by atoms with Crippen LogP contribution in [-0.2, 0) is 0 Å². The van der Waals surface area contributed by atoms with Gasteiger partial charge in [-0.25, -0.2) is 8.78 Å². The van der Waals surface area contributed by atoms with E-state index in [-0.39, 0.29) is 35.0 Å². The van der Waals surface area contributed by atoms with E-state index < -0.39 is 17.4 Å². The Bertz CT molecular complexity index is 179. The predicted octanol–water partition coefficient (Wildman–Crippen LogP) is -1.50. The molecule has 0 unspecified atom stereocenters. The Morgan fingerprint density at radius 1 is 1.00 bits per heavy atom. The molecule has 2 nitrogen and oxygen atoms in total. The fourth-order valence-electron chi connectivity index (χ4n) is 0.539. The Balaban J connectivity index is 0. The predicted molar refractivity (Wildman–Crippen MR) is 30.0 cm³/mol. The molecule has 0 atom stereocenters. The molecule has 0 amide bonds. The van der Waals surface area contributed by atoms with Gasteiger partial charge in [-0.3, -0.25) is 0 Å². The van der Waals surface area contributed by atoms with Gasteiger partial charge < -0.3 is 10.6 Å². The summed E-state index contributed by atoms with van der Waals surface area (Å²) in [5.74, 6) is -1.94. The molecule has 0 saturated heterocycles. The van der Waals surface area contributed by atoms with Crippen LogP contribution >= 0.6 is 0 Å². The number of halogens is 2. The van der Waals surface area contributed by atoms with Crippen molar-refractivity contribution in [3.05, 3.63) is 29.8 Å². The second kappa shape index (κ2) is 5.49. The third-order valence-corrected chi connectivity index (χ3v) is 0.847. The Hall–Kier alpha value is -0.160. The molecule has 0 heterocycles. The summed E-state index contributed by atoms with van der Waals surface area (Å²) in [6.07, 6.45) is 0. The van der Waals surface area contributed by atoms with Gasteiger partial charge in [-0.05, 0) is 0 Å². The van der Waals surface area contributed by atoms with Crippen LogP contribution in [-0.4, -0.2) is 10.6 Å². The van der Waals surface area contributed by atoms with Crippen LogP contribution in [0.4, 0.5) is 8.78 Å². The van der Waals surface area contributed by atoms with Gasteiger partial charge in [0.2, 0.25) is 0 Å². The molecule has 0 aromatic heterocycles. The molecule has 0 aliphatic carbocycles. The molecule has 0 aliphatic heterocycles. The maximum absolute atomic E-state index is 12.0. The topological polar surface area (TPSA) is 50.2 Å². The van der Waals surface area contributed by atoms with Crippen LogP contribution in [0.3, 0.4) is 0 Å². The number of rotatable bonds is 0. The summed E-state index contributed by atoms with van der Waals surface area (Å²) in [4.78, 5) is 0. The fourth-order valence-corrected chi connectivity index (χ4v) is 0.539. The molecular weight excluding hydrogens is 165 g/mol. The summed E-state index contributed by atoms with van der Waals surface area (Å²) < 4.78 is 24.1. The van der Waals surface area contributed by atoms with Gasteiger partial charge in [0.05, 0.1) is 0 Å². The van der Waals surface area contributed by atoms with Gasteiger partial charge in [-0.1, -0.05) is 0 Å². The van der Waals surface area contributed by atoms with Crippen LogP contribution in [0.15, 0.2) is 18.2 Å². The molecule has 1 aromatic rings. The van der Waals surface area contributed by atoms with Gasteiger partial charge in [0.15, 0.2) is 0 Å².